The van der Waals surface area contributed by atoms with E-state index in [2.05, 4.69) is 15.9 Å². The molecule has 1 aromatic heterocycles. The van der Waals surface area contributed by atoms with Gasteiger partial charge in [-0.1, -0.05) is 15.9 Å². The highest BCUT2D eigenvalue weighted by Gasteiger charge is 2.17. The predicted molar refractivity (Wildman–Crippen MR) is 72.0 cm³/mol. The Hall–Kier alpha value is -0.710. The van der Waals surface area contributed by atoms with E-state index >= 15 is 0 Å². The summed E-state index contributed by atoms with van der Waals surface area (Å²) in [6.45, 7) is 3.98. The van der Waals surface area contributed by atoms with E-state index in [1.807, 2.05) is 19.9 Å². The summed E-state index contributed by atoms with van der Waals surface area (Å²) in [7, 11) is 0. The van der Waals surface area contributed by atoms with Crippen LogP contribution in [0.2, 0.25) is 0 Å². The van der Waals surface area contributed by atoms with Gasteiger partial charge < -0.3 is 5.11 Å². The molecule has 2 aromatic rings. The van der Waals surface area contributed by atoms with E-state index in [9.17, 15) is 9.50 Å². The van der Waals surface area contributed by atoms with Crippen molar-refractivity contribution in [2.75, 3.05) is 0 Å². The zero-order valence-corrected chi connectivity index (χ0v) is 11.9. The Balaban J connectivity index is 2.42. The SMILES string of the molecule is Cc1cc(C(O)c2cc(Br)ccc2F)sc1C. The third-order valence-corrected chi connectivity index (χ3v) is 4.41. The summed E-state index contributed by atoms with van der Waals surface area (Å²) < 4.78 is 14.4. The van der Waals surface area contributed by atoms with E-state index in [4.69, 9.17) is 0 Å². The average Bonchev–Trinajstić information content (AvgIpc) is 2.62. The van der Waals surface area contributed by atoms with Crippen LogP contribution in [-0.2, 0) is 0 Å². The van der Waals surface area contributed by atoms with Crippen LogP contribution in [0, 0.1) is 19.7 Å². The number of aryl methyl sites for hydroxylation is 2. The lowest BCUT2D eigenvalue weighted by Crippen LogP contribution is -2.00. The third-order valence-electron chi connectivity index (χ3n) is 2.71. The number of thiophene rings is 1. The Morgan fingerprint density at radius 2 is 2.00 bits per heavy atom. The zero-order valence-electron chi connectivity index (χ0n) is 9.50. The van der Waals surface area contributed by atoms with Gasteiger partial charge in [0.1, 0.15) is 11.9 Å². The number of benzene rings is 1. The molecule has 0 saturated carbocycles. The molecule has 4 heteroatoms. The first-order valence-electron chi connectivity index (χ1n) is 5.19. The maximum atomic E-state index is 13.6. The molecule has 1 unspecified atom stereocenters. The molecule has 90 valence electrons. The molecular weight excluding hydrogens is 303 g/mol. The van der Waals surface area contributed by atoms with Gasteiger partial charge in [0.25, 0.3) is 0 Å². The third kappa shape index (κ3) is 2.59. The molecule has 2 rings (SSSR count). The summed E-state index contributed by atoms with van der Waals surface area (Å²) in [5, 5.41) is 10.2. The van der Waals surface area contributed by atoms with Gasteiger partial charge in [0.15, 0.2) is 0 Å². The summed E-state index contributed by atoms with van der Waals surface area (Å²) in [6.07, 6.45) is -0.898. The normalized spacial score (nSPS) is 12.8. The Morgan fingerprint density at radius 1 is 1.29 bits per heavy atom. The summed E-state index contributed by atoms with van der Waals surface area (Å²) in [5.74, 6) is -0.385. The van der Waals surface area contributed by atoms with Crippen LogP contribution in [0.15, 0.2) is 28.7 Å². The van der Waals surface area contributed by atoms with Gasteiger partial charge in [0.2, 0.25) is 0 Å². The van der Waals surface area contributed by atoms with Crippen LogP contribution in [0.25, 0.3) is 0 Å². The largest absolute Gasteiger partial charge is 0.383 e. The lowest BCUT2D eigenvalue weighted by Gasteiger charge is -2.10. The first kappa shape index (κ1) is 12.7. The number of aliphatic hydroxyl groups excluding tert-OH is 1. The van der Waals surface area contributed by atoms with E-state index in [1.165, 1.54) is 17.4 Å². The Kier molecular flexibility index (Phi) is 3.66. The lowest BCUT2D eigenvalue weighted by atomic mass is 10.1. The van der Waals surface area contributed by atoms with E-state index in [1.54, 1.807) is 12.1 Å². The van der Waals surface area contributed by atoms with Gasteiger partial charge >= 0.3 is 0 Å². The van der Waals surface area contributed by atoms with Crippen LogP contribution in [0.4, 0.5) is 4.39 Å². The molecule has 1 N–H and O–H groups in total. The van der Waals surface area contributed by atoms with Crippen molar-refractivity contribution in [2.45, 2.75) is 20.0 Å². The minimum Gasteiger partial charge on any atom is -0.383 e. The molecule has 0 fully saturated rings. The van der Waals surface area contributed by atoms with Crippen molar-refractivity contribution in [3.63, 3.8) is 0 Å². The van der Waals surface area contributed by atoms with Crippen LogP contribution in [-0.4, -0.2) is 5.11 Å². The molecule has 0 bridgehead atoms. The van der Waals surface area contributed by atoms with Gasteiger partial charge in [0.05, 0.1) is 0 Å². The van der Waals surface area contributed by atoms with Gasteiger partial charge in [0, 0.05) is 19.8 Å². The van der Waals surface area contributed by atoms with Gasteiger partial charge in [-0.3, -0.25) is 0 Å². The number of aliphatic hydroxyl groups is 1. The van der Waals surface area contributed by atoms with E-state index < -0.39 is 6.10 Å². The van der Waals surface area contributed by atoms with E-state index in [0.717, 1.165) is 19.8 Å². The molecule has 1 aromatic carbocycles. The van der Waals surface area contributed by atoms with Crippen LogP contribution in [0.5, 0.6) is 0 Å². The van der Waals surface area contributed by atoms with Crippen LogP contribution < -0.4 is 0 Å². The zero-order chi connectivity index (χ0) is 12.6. The summed E-state index contributed by atoms with van der Waals surface area (Å²) in [6, 6.07) is 6.50. The molecule has 0 saturated heterocycles. The fourth-order valence-corrected chi connectivity index (χ4v) is 3.04. The molecule has 0 amide bonds. The van der Waals surface area contributed by atoms with Crippen molar-refractivity contribution in [3.05, 3.63) is 55.4 Å². The van der Waals surface area contributed by atoms with Crippen LogP contribution in [0.1, 0.15) is 27.0 Å². The van der Waals surface area contributed by atoms with Crippen molar-refractivity contribution >= 4 is 27.3 Å². The maximum absolute atomic E-state index is 13.6. The molecule has 1 atom stereocenters. The minimum atomic E-state index is -0.898. The Bertz CT molecular complexity index is 531. The van der Waals surface area contributed by atoms with Gasteiger partial charge in [-0.05, 0) is 43.7 Å². The van der Waals surface area contributed by atoms with Crippen molar-refractivity contribution in [3.8, 4) is 0 Å². The first-order valence-corrected chi connectivity index (χ1v) is 6.80. The average molecular weight is 315 g/mol. The lowest BCUT2D eigenvalue weighted by molar-refractivity contribution is 0.218. The summed E-state index contributed by atoms with van der Waals surface area (Å²) in [5.41, 5.74) is 1.43. The second-order valence-corrected chi connectivity index (χ2v) is 6.16. The number of rotatable bonds is 2. The standard InChI is InChI=1S/C13H12BrFOS/c1-7-5-12(17-8(7)2)13(16)10-6-9(14)3-4-11(10)15/h3-6,13,16H,1-2H3. The topological polar surface area (TPSA) is 20.2 Å². The van der Waals surface area contributed by atoms with Crippen molar-refractivity contribution in [2.24, 2.45) is 0 Å². The summed E-state index contributed by atoms with van der Waals surface area (Å²) >= 11 is 4.78. The summed E-state index contributed by atoms with van der Waals surface area (Å²) in [4.78, 5) is 1.92. The molecule has 0 aliphatic carbocycles. The number of halogens is 2. The quantitative estimate of drug-likeness (QED) is 0.873. The smallest absolute Gasteiger partial charge is 0.129 e. The monoisotopic (exact) mass is 314 g/mol. The molecule has 0 aliphatic heterocycles. The van der Waals surface area contributed by atoms with Gasteiger partial charge in [-0.2, -0.15) is 0 Å². The molecule has 0 radical (unpaired) electrons. The van der Waals surface area contributed by atoms with Crippen molar-refractivity contribution < 1.29 is 9.50 Å². The second kappa shape index (κ2) is 4.88. The van der Waals surface area contributed by atoms with Crippen molar-refractivity contribution in [1.82, 2.24) is 0 Å². The van der Waals surface area contributed by atoms with Crippen molar-refractivity contribution in [1.29, 1.82) is 0 Å². The van der Waals surface area contributed by atoms with Gasteiger partial charge in [-0.15, -0.1) is 11.3 Å². The van der Waals surface area contributed by atoms with Gasteiger partial charge in [-0.25, -0.2) is 4.39 Å². The first-order chi connectivity index (χ1) is 7.99. The molecule has 0 spiro atoms. The van der Waals surface area contributed by atoms with E-state index in [0.29, 0.717) is 5.56 Å². The van der Waals surface area contributed by atoms with E-state index in [-0.39, 0.29) is 5.82 Å². The number of hydrogen-bond donors (Lipinski definition) is 1. The molecule has 1 heterocycles. The Morgan fingerprint density at radius 3 is 2.59 bits per heavy atom. The highest BCUT2D eigenvalue weighted by Crippen LogP contribution is 2.32. The molecule has 17 heavy (non-hydrogen) atoms. The molecular formula is C13H12BrFOS. The highest BCUT2D eigenvalue weighted by atomic mass is 79.9. The van der Waals surface area contributed by atoms with Crippen LogP contribution >= 0.6 is 27.3 Å². The fourth-order valence-electron chi connectivity index (χ4n) is 1.61. The second-order valence-electron chi connectivity index (χ2n) is 3.96. The minimum absolute atomic E-state index is 0.306. The molecule has 1 nitrogen and oxygen atoms in total. The molecule has 0 aliphatic rings. The Labute approximate surface area is 112 Å². The maximum Gasteiger partial charge on any atom is 0.129 e. The number of hydrogen-bond acceptors (Lipinski definition) is 2. The highest BCUT2D eigenvalue weighted by molar-refractivity contribution is 9.10. The fraction of sp³-hybridized carbons (Fsp3) is 0.231. The predicted octanol–water partition coefficient (Wildman–Crippen LogP) is 4.35. The van der Waals surface area contributed by atoms with Crippen LogP contribution in [0.3, 0.4) is 0 Å².